The lowest BCUT2D eigenvalue weighted by atomic mass is 10.1. The van der Waals surface area contributed by atoms with E-state index in [1.165, 1.54) is 12.5 Å². The van der Waals surface area contributed by atoms with Crippen LogP contribution in [0.15, 0.2) is 12.5 Å². The molecule has 0 radical (unpaired) electrons. The predicted octanol–water partition coefficient (Wildman–Crippen LogP) is -1.02. The van der Waals surface area contributed by atoms with Crippen LogP contribution in [0.25, 0.3) is 0 Å². The van der Waals surface area contributed by atoms with Crippen molar-refractivity contribution in [3.63, 3.8) is 0 Å². The number of rotatable bonds is 5. The van der Waals surface area contributed by atoms with Crippen molar-refractivity contribution in [1.82, 2.24) is 25.9 Å². The number of nitrogens with one attached hydrogen (secondary N) is 4. The smallest absolute Gasteiger partial charge is 0.326 e. The van der Waals surface area contributed by atoms with Crippen molar-refractivity contribution in [2.45, 2.75) is 31.3 Å². The molecular formula is C12H17N5O4. The van der Waals surface area contributed by atoms with E-state index in [0.717, 1.165) is 0 Å². The topological polar surface area (TPSA) is 136 Å². The summed E-state index contributed by atoms with van der Waals surface area (Å²) in [7, 11) is 0. The Balaban J connectivity index is 1.83. The zero-order valence-corrected chi connectivity index (χ0v) is 11.3. The second-order valence-electron chi connectivity index (χ2n) is 4.83. The number of amides is 3. The first-order chi connectivity index (χ1) is 10.0. The lowest BCUT2D eigenvalue weighted by molar-refractivity contribution is -0.139. The van der Waals surface area contributed by atoms with E-state index in [2.05, 4.69) is 25.9 Å². The number of aliphatic carboxylic acids is 1. The average molecular weight is 295 g/mol. The summed E-state index contributed by atoms with van der Waals surface area (Å²) < 4.78 is 0. The van der Waals surface area contributed by atoms with Gasteiger partial charge >= 0.3 is 12.0 Å². The van der Waals surface area contributed by atoms with E-state index in [0.29, 0.717) is 25.1 Å². The van der Waals surface area contributed by atoms with Gasteiger partial charge in [-0.2, -0.15) is 0 Å². The average Bonchev–Trinajstić information content (AvgIpc) is 2.93. The fourth-order valence-electron chi connectivity index (χ4n) is 2.06. The summed E-state index contributed by atoms with van der Waals surface area (Å²) in [6, 6.07) is -1.81. The van der Waals surface area contributed by atoms with Gasteiger partial charge in [0.05, 0.1) is 6.33 Å². The first-order valence-electron chi connectivity index (χ1n) is 6.58. The number of imidazole rings is 1. The summed E-state index contributed by atoms with van der Waals surface area (Å²) in [5.41, 5.74) is 0.618. The van der Waals surface area contributed by atoms with Crippen LogP contribution in [0.5, 0.6) is 0 Å². The molecule has 2 unspecified atom stereocenters. The van der Waals surface area contributed by atoms with E-state index in [-0.39, 0.29) is 18.4 Å². The highest BCUT2D eigenvalue weighted by Crippen LogP contribution is 2.03. The highest BCUT2D eigenvalue weighted by atomic mass is 16.4. The molecule has 0 spiro atoms. The first kappa shape index (κ1) is 14.8. The Morgan fingerprint density at radius 3 is 2.90 bits per heavy atom. The van der Waals surface area contributed by atoms with Crippen molar-refractivity contribution in [2.24, 2.45) is 0 Å². The number of carboxylic acid groups (broad SMARTS) is 1. The number of nitrogens with zero attached hydrogens (tertiary/aromatic N) is 1. The number of carbonyl (C=O) groups is 3. The van der Waals surface area contributed by atoms with Gasteiger partial charge in [0.25, 0.3) is 0 Å². The van der Waals surface area contributed by atoms with Gasteiger partial charge in [-0.3, -0.25) is 4.79 Å². The number of urea groups is 1. The standard InChI is InChI=1S/C12H17N5O4/c18-10-2-1-7(5-14-10)16-12(21)17-9(11(19)20)3-8-4-13-6-15-8/h4,6-7,9H,1-3,5H2,(H,13,15)(H,14,18)(H,19,20)(H2,16,17,21). The van der Waals surface area contributed by atoms with Crippen LogP contribution < -0.4 is 16.0 Å². The fourth-order valence-corrected chi connectivity index (χ4v) is 2.06. The van der Waals surface area contributed by atoms with Gasteiger partial charge in [-0.15, -0.1) is 0 Å². The van der Waals surface area contributed by atoms with Crippen LogP contribution in [0.4, 0.5) is 4.79 Å². The Labute approximate surface area is 120 Å². The lowest BCUT2D eigenvalue weighted by Gasteiger charge is -2.24. The van der Waals surface area contributed by atoms with E-state index >= 15 is 0 Å². The molecule has 21 heavy (non-hydrogen) atoms. The molecule has 9 nitrogen and oxygen atoms in total. The van der Waals surface area contributed by atoms with E-state index in [1.54, 1.807) is 0 Å². The van der Waals surface area contributed by atoms with Gasteiger partial charge < -0.3 is 26.0 Å². The predicted molar refractivity (Wildman–Crippen MR) is 71.4 cm³/mol. The quantitative estimate of drug-likeness (QED) is 0.474. The number of piperidine rings is 1. The van der Waals surface area contributed by atoms with Crippen molar-refractivity contribution in [3.8, 4) is 0 Å². The Hall–Kier alpha value is -2.58. The third-order valence-corrected chi connectivity index (χ3v) is 3.18. The minimum atomic E-state index is -1.13. The molecule has 5 N–H and O–H groups in total. The monoisotopic (exact) mass is 295 g/mol. The summed E-state index contributed by atoms with van der Waals surface area (Å²) >= 11 is 0. The molecule has 1 aromatic heterocycles. The summed E-state index contributed by atoms with van der Waals surface area (Å²) in [6.07, 6.45) is 3.95. The third kappa shape index (κ3) is 4.48. The van der Waals surface area contributed by atoms with Crippen LogP contribution in [0.2, 0.25) is 0 Å². The summed E-state index contributed by atoms with van der Waals surface area (Å²) in [5.74, 6) is -1.17. The third-order valence-electron chi connectivity index (χ3n) is 3.18. The van der Waals surface area contributed by atoms with Crippen molar-refractivity contribution in [1.29, 1.82) is 0 Å². The maximum absolute atomic E-state index is 11.8. The summed E-state index contributed by atoms with van der Waals surface area (Å²) in [6.45, 7) is 0.352. The highest BCUT2D eigenvalue weighted by Gasteiger charge is 2.24. The Morgan fingerprint density at radius 1 is 1.52 bits per heavy atom. The molecular weight excluding hydrogens is 278 g/mol. The molecule has 0 saturated carbocycles. The second-order valence-corrected chi connectivity index (χ2v) is 4.83. The van der Waals surface area contributed by atoms with E-state index in [9.17, 15) is 14.4 Å². The molecule has 0 aromatic carbocycles. The van der Waals surface area contributed by atoms with Gasteiger partial charge in [-0.05, 0) is 6.42 Å². The van der Waals surface area contributed by atoms with Gasteiger partial charge in [0.1, 0.15) is 6.04 Å². The number of hydrogen-bond donors (Lipinski definition) is 5. The molecule has 2 heterocycles. The number of H-pyrrole nitrogens is 1. The molecule has 1 fully saturated rings. The minimum Gasteiger partial charge on any atom is -0.480 e. The molecule has 1 aliphatic rings. The molecule has 114 valence electrons. The van der Waals surface area contributed by atoms with Gasteiger partial charge in [-0.25, -0.2) is 14.6 Å². The Bertz CT molecular complexity index is 506. The maximum atomic E-state index is 11.8. The molecule has 0 bridgehead atoms. The Morgan fingerprint density at radius 2 is 2.33 bits per heavy atom. The summed E-state index contributed by atoms with van der Waals surface area (Å²) in [5, 5.41) is 16.8. The van der Waals surface area contributed by atoms with E-state index in [1.807, 2.05) is 0 Å². The zero-order valence-electron chi connectivity index (χ0n) is 11.3. The fraction of sp³-hybridized carbons (Fsp3) is 0.500. The zero-order chi connectivity index (χ0) is 15.2. The normalized spacial score (nSPS) is 19.4. The molecule has 9 heteroatoms. The largest absolute Gasteiger partial charge is 0.480 e. The van der Waals surface area contributed by atoms with E-state index < -0.39 is 18.0 Å². The molecule has 1 aliphatic heterocycles. The SMILES string of the molecule is O=C1CCC(NC(=O)NC(Cc2cnc[nH]2)C(=O)O)CN1. The van der Waals surface area contributed by atoms with Gasteiger partial charge in [0.2, 0.25) is 5.91 Å². The van der Waals surface area contributed by atoms with Crippen molar-refractivity contribution < 1.29 is 19.5 Å². The molecule has 3 amide bonds. The highest BCUT2D eigenvalue weighted by molar-refractivity contribution is 5.83. The van der Waals surface area contributed by atoms with Crippen LogP contribution >= 0.6 is 0 Å². The molecule has 1 saturated heterocycles. The maximum Gasteiger partial charge on any atom is 0.326 e. The number of carboxylic acids is 1. The van der Waals surface area contributed by atoms with Crippen LogP contribution in [0.3, 0.4) is 0 Å². The molecule has 1 aromatic rings. The number of hydrogen-bond acceptors (Lipinski definition) is 4. The molecule has 2 rings (SSSR count). The summed E-state index contributed by atoms with van der Waals surface area (Å²) in [4.78, 5) is 40.6. The second kappa shape index (κ2) is 6.73. The number of carbonyl (C=O) groups excluding carboxylic acids is 2. The number of aromatic amines is 1. The van der Waals surface area contributed by atoms with E-state index in [4.69, 9.17) is 5.11 Å². The van der Waals surface area contributed by atoms with Crippen molar-refractivity contribution in [3.05, 3.63) is 18.2 Å². The van der Waals surface area contributed by atoms with Gasteiger partial charge in [0.15, 0.2) is 0 Å². The Kier molecular flexibility index (Phi) is 4.75. The van der Waals surface area contributed by atoms with Crippen molar-refractivity contribution >= 4 is 17.9 Å². The van der Waals surface area contributed by atoms with Crippen molar-refractivity contribution in [2.75, 3.05) is 6.54 Å². The van der Waals surface area contributed by atoms with Crippen LogP contribution in [-0.2, 0) is 16.0 Å². The first-order valence-corrected chi connectivity index (χ1v) is 6.58. The van der Waals surface area contributed by atoms with Crippen LogP contribution in [0.1, 0.15) is 18.5 Å². The molecule has 2 atom stereocenters. The molecule has 0 aliphatic carbocycles. The van der Waals surface area contributed by atoms with Crippen LogP contribution in [0, 0.1) is 0 Å². The minimum absolute atomic E-state index is 0.0453. The van der Waals surface area contributed by atoms with Gasteiger partial charge in [0, 0.05) is 37.3 Å². The van der Waals surface area contributed by atoms with Crippen LogP contribution in [-0.4, -0.2) is 51.6 Å². The number of aromatic nitrogens is 2. The van der Waals surface area contributed by atoms with Gasteiger partial charge in [-0.1, -0.05) is 0 Å². The lowest BCUT2D eigenvalue weighted by Crippen LogP contribution is -2.54.